The van der Waals surface area contributed by atoms with Crippen LogP contribution in [0.3, 0.4) is 0 Å². The van der Waals surface area contributed by atoms with Gasteiger partial charge in [0.05, 0.1) is 23.0 Å². The average Bonchev–Trinajstić information content (AvgIpc) is 2.97. The summed E-state index contributed by atoms with van der Waals surface area (Å²) in [5.41, 5.74) is 1.14. The highest BCUT2D eigenvalue weighted by atomic mass is 16.5. The Bertz CT molecular complexity index is 852. The lowest BCUT2D eigenvalue weighted by Gasteiger charge is -2.21. The molecule has 1 aromatic carbocycles. The molecule has 0 bridgehead atoms. The molecule has 7 nitrogen and oxygen atoms in total. The lowest BCUT2D eigenvalue weighted by atomic mass is 9.93. The van der Waals surface area contributed by atoms with Crippen molar-refractivity contribution in [2.24, 2.45) is 11.0 Å². The predicted molar refractivity (Wildman–Crippen MR) is 85.4 cm³/mol. The fourth-order valence-corrected chi connectivity index (χ4v) is 3.05. The van der Waals surface area contributed by atoms with E-state index in [4.69, 9.17) is 4.74 Å². The number of carbonyl (C=O) groups is 1. The Morgan fingerprint density at radius 1 is 1.17 bits per heavy atom. The number of nitrogens with zero attached hydrogens (tertiary/aromatic N) is 3. The molecule has 0 aliphatic carbocycles. The number of para-hydroxylation sites is 1. The summed E-state index contributed by atoms with van der Waals surface area (Å²) >= 11 is 0. The number of hydrogen-bond donors (Lipinski definition) is 1. The van der Waals surface area contributed by atoms with Crippen molar-refractivity contribution in [2.75, 3.05) is 18.2 Å². The summed E-state index contributed by atoms with van der Waals surface area (Å²) in [6.07, 6.45) is 2.03. The molecule has 4 rings (SSSR count). The van der Waals surface area contributed by atoms with Crippen LogP contribution in [0.25, 0.3) is 10.9 Å². The second-order valence-corrected chi connectivity index (χ2v) is 5.77. The van der Waals surface area contributed by atoms with E-state index in [1.54, 1.807) is 24.3 Å². The number of ether oxygens (including phenoxy) is 1. The van der Waals surface area contributed by atoms with Crippen LogP contribution in [0.15, 0.2) is 34.2 Å². The van der Waals surface area contributed by atoms with Gasteiger partial charge in [0.2, 0.25) is 5.95 Å². The highest BCUT2D eigenvalue weighted by Crippen LogP contribution is 2.25. The zero-order chi connectivity index (χ0) is 15.8. The van der Waals surface area contributed by atoms with Crippen molar-refractivity contribution in [1.29, 1.82) is 0 Å². The van der Waals surface area contributed by atoms with Crippen molar-refractivity contribution < 1.29 is 9.53 Å². The third-order valence-electron chi connectivity index (χ3n) is 4.29. The molecule has 0 saturated carbocycles. The second-order valence-electron chi connectivity index (χ2n) is 5.77. The molecule has 0 atom stereocenters. The van der Waals surface area contributed by atoms with Crippen molar-refractivity contribution in [3.63, 3.8) is 0 Å². The van der Waals surface area contributed by atoms with Gasteiger partial charge in [-0.1, -0.05) is 12.1 Å². The van der Waals surface area contributed by atoms with E-state index in [0.717, 1.165) is 18.6 Å². The van der Waals surface area contributed by atoms with E-state index in [1.165, 1.54) is 5.01 Å². The minimum atomic E-state index is -0.270. The first-order valence-electron chi connectivity index (χ1n) is 7.69. The fourth-order valence-electron chi connectivity index (χ4n) is 3.05. The zero-order valence-corrected chi connectivity index (χ0v) is 12.5. The Morgan fingerprint density at radius 2 is 1.96 bits per heavy atom. The van der Waals surface area contributed by atoms with Crippen LogP contribution in [-0.4, -0.2) is 34.8 Å². The largest absolute Gasteiger partial charge is 0.381 e. The van der Waals surface area contributed by atoms with Gasteiger partial charge in [0, 0.05) is 19.1 Å². The van der Waals surface area contributed by atoms with Gasteiger partial charge < -0.3 is 4.74 Å². The molecule has 1 aromatic heterocycles. The molecular formula is C16H16N4O3. The van der Waals surface area contributed by atoms with Crippen molar-refractivity contribution in [3.8, 4) is 0 Å². The van der Waals surface area contributed by atoms with E-state index in [9.17, 15) is 9.59 Å². The Kier molecular flexibility index (Phi) is 3.42. The Hall–Kier alpha value is -2.54. The molecule has 118 valence electrons. The number of hydrazone groups is 1. The van der Waals surface area contributed by atoms with Crippen molar-refractivity contribution in [3.05, 3.63) is 34.6 Å². The Morgan fingerprint density at radius 3 is 2.78 bits per heavy atom. The van der Waals surface area contributed by atoms with E-state index in [2.05, 4.69) is 15.1 Å². The van der Waals surface area contributed by atoms with Gasteiger partial charge >= 0.3 is 0 Å². The molecule has 1 fully saturated rings. The van der Waals surface area contributed by atoms with Gasteiger partial charge in [-0.2, -0.15) is 10.1 Å². The zero-order valence-electron chi connectivity index (χ0n) is 12.5. The Balaban J connectivity index is 1.71. The molecule has 2 aliphatic heterocycles. The van der Waals surface area contributed by atoms with Crippen molar-refractivity contribution >= 4 is 28.5 Å². The predicted octanol–water partition coefficient (Wildman–Crippen LogP) is 1.44. The maximum Gasteiger partial charge on any atom is 0.260 e. The summed E-state index contributed by atoms with van der Waals surface area (Å²) < 4.78 is 5.35. The number of rotatable bonds is 2. The van der Waals surface area contributed by atoms with Crippen LogP contribution in [-0.2, 0) is 9.53 Å². The number of H-pyrrole nitrogens is 1. The van der Waals surface area contributed by atoms with E-state index in [0.29, 0.717) is 24.1 Å². The van der Waals surface area contributed by atoms with E-state index >= 15 is 0 Å². The molecule has 7 heteroatoms. The Labute approximate surface area is 132 Å². The minimum absolute atomic E-state index is 0.162. The molecule has 0 unspecified atom stereocenters. The molecule has 0 radical (unpaired) electrons. The molecule has 23 heavy (non-hydrogen) atoms. The number of amides is 1. The van der Waals surface area contributed by atoms with E-state index < -0.39 is 0 Å². The molecule has 2 aliphatic rings. The number of hydrogen-bond acceptors (Lipinski definition) is 5. The molecule has 1 saturated heterocycles. The summed E-state index contributed by atoms with van der Waals surface area (Å²) in [5.74, 6) is 0.288. The van der Waals surface area contributed by atoms with Gasteiger partial charge in [0.1, 0.15) is 0 Å². The van der Waals surface area contributed by atoms with Crippen LogP contribution in [0.2, 0.25) is 0 Å². The molecule has 1 N–H and O–H groups in total. The number of fused-ring (bicyclic) bond motifs is 1. The molecular weight excluding hydrogens is 296 g/mol. The number of anilines is 1. The quantitative estimate of drug-likeness (QED) is 0.909. The number of carbonyl (C=O) groups excluding carboxylic acids is 1. The normalized spacial score (nSPS) is 19.4. The lowest BCUT2D eigenvalue weighted by Crippen LogP contribution is -2.25. The minimum Gasteiger partial charge on any atom is -0.381 e. The van der Waals surface area contributed by atoms with Gasteiger partial charge in [-0.15, -0.1) is 0 Å². The van der Waals surface area contributed by atoms with Crippen LogP contribution in [0.5, 0.6) is 0 Å². The van der Waals surface area contributed by atoms with Crippen molar-refractivity contribution in [2.45, 2.75) is 19.3 Å². The maximum absolute atomic E-state index is 12.3. The maximum atomic E-state index is 12.3. The monoisotopic (exact) mass is 312 g/mol. The first-order chi connectivity index (χ1) is 11.2. The van der Waals surface area contributed by atoms with E-state index in [1.807, 2.05) is 0 Å². The molecule has 2 aromatic rings. The molecule has 1 amide bonds. The van der Waals surface area contributed by atoms with Gasteiger partial charge in [-0.3, -0.25) is 14.6 Å². The van der Waals surface area contributed by atoms with Gasteiger partial charge in [-0.05, 0) is 25.0 Å². The first-order valence-corrected chi connectivity index (χ1v) is 7.69. The molecule has 0 spiro atoms. The van der Waals surface area contributed by atoms with Crippen LogP contribution in [0, 0.1) is 5.92 Å². The third kappa shape index (κ3) is 2.53. The summed E-state index contributed by atoms with van der Waals surface area (Å²) in [6.45, 7) is 1.39. The smallest absolute Gasteiger partial charge is 0.260 e. The SMILES string of the molecule is O=C1CC(C2CCOCC2)=NN1c1nc2ccccc2c(=O)[nH]1. The fraction of sp³-hybridized carbons (Fsp3) is 0.375. The van der Waals surface area contributed by atoms with Crippen molar-refractivity contribution in [1.82, 2.24) is 9.97 Å². The van der Waals surface area contributed by atoms with Crippen LogP contribution < -0.4 is 10.6 Å². The van der Waals surface area contributed by atoms with Crippen LogP contribution in [0.1, 0.15) is 19.3 Å². The number of benzene rings is 1. The highest BCUT2D eigenvalue weighted by Gasteiger charge is 2.32. The molecule has 3 heterocycles. The van der Waals surface area contributed by atoms with E-state index in [-0.39, 0.29) is 29.8 Å². The highest BCUT2D eigenvalue weighted by molar-refractivity contribution is 6.13. The topological polar surface area (TPSA) is 87.7 Å². The second kappa shape index (κ2) is 5.58. The van der Waals surface area contributed by atoms with Crippen LogP contribution in [0.4, 0.5) is 5.95 Å². The lowest BCUT2D eigenvalue weighted by molar-refractivity contribution is -0.117. The number of aromatic nitrogens is 2. The van der Waals surface area contributed by atoms with Gasteiger partial charge in [0.15, 0.2) is 0 Å². The summed E-state index contributed by atoms with van der Waals surface area (Å²) in [4.78, 5) is 31.5. The number of aromatic amines is 1. The average molecular weight is 312 g/mol. The summed E-state index contributed by atoms with van der Waals surface area (Å²) in [6, 6.07) is 7.04. The summed E-state index contributed by atoms with van der Waals surface area (Å²) in [7, 11) is 0. The first kappa shape index (κ1) is 14.1. The summed E-state index contributed by atoms with van der Waals surface area (Å²) in [5, 5.41) is 6.14. The number of nitrogens with one attached hydrogen (secondary N) is 1. The van der Waals surface area contributed by atoms with Gasteiger partial charge in [0.25, 0.3) is 11.5 Å². The third-order valence-corrected chi connectivity index (χ3v) is 4.29. The van der Waals surface area contributed by atoms with Gasteiger partial charge in [-0.25, -0.2) is 4.98 Å². The standard InChI is InChI=1S/C16H16N4O3/c21-14-9-13(10-5-7-23-8-6-10)19-20(14)16-17-12-4-2-1-3-11(12)15(22)18-16/h1-4,10H,5-9H2,(H,17,18,22). The van der Waals surface area contributed by atoms with Crippen LogP contribution >= 0.6 is 0 Å².